The van der Waals surface area contributed by atoms with Crippen molar-refractivity contribution in [1.29, 1.82) is 0 Å². The van der Waals surface area contributed by atoms with Crippen molar-refractivity contribution in [3.8, 4) is 0 Å². The van der Waals surface area contributed by atoms with Crippen LogP contribution in [-0.2, 0) is 0 Å². The van der Waals surface area contributed by atoms with Crippen molar-refractivity contribution in [2.24, 2.45) is 16.8 Å². The molecule has 0 fully saturated rings. The van der Waals surface area contributed by atoms with E-state index in [0.717, 1.165) is 0 Å². The second-order valence-electron chi connectivity index (χ2n) is 4.28. The zero-order chi connectivity index (χ0) is 14.4. The average molecular weight is 284 g/mol. The maximum absolute atomic E-state index is 12.3. The Hall–Kier alpha value is -1.75. The van der Waals surface area contributed by atoms with E-state index in [4.69, 9.17) is 22.5 Å². The molecule has 104 valence electrons. The smallest absolute Gasteiger partial charge is 0.253 e. The minimum Gasteiger partial charge on any atom is -0.409 e. The van der Waals surface area contributed by atoms with Gasteiger partial charge in [-0.1, -0.05) is 29.7 Å². The number of carbonyl (C=O) groups excluding carboxylic acids is 1. The fourth-order valence-corrected chi connectivity index (χ4v) is 1.87. The van der Waals surface area contributed by atoms with Crippen molar-refractivity contribution in [1.82, 2.24) is 4.90 Å². The molecule has 1 rings (SSSR count). The van der Waals surface area contributed by atoms with Gasteiger partial charge in [-0.3, -0.25) is 4.79 Å². The molecule has 1 aromatic carbocycles. The molecule has 5 nitrogen and oxygen atoms in total. The Bertz CT molecular complexity index is 477. The first-order valence-electron chi connectivity index (χ1n) is 6.01. The standard InChI is InChI=1S/C13H18ClN3O2/c1-3-17(8-9(2)12(15)16-19)13(18)10-5-4-6-11(14)7-10/h4-7,9,19H,3,8H2,1-2H3,(H2,15,16). The van der Waals surface area contributed by atoms with Crippen molar-refractivity contribution >= 4 is 23.3 Å². The van der Waals surface area contributed by atoms with Crippen molar-refractivity contribution in [2.75, 3.05) is 13.1 Å². The van der Waals surface area contributed by atoms with Gasteiger partial charge in [0.1, 0.15) is 5.84 Å². The number of nitrogens with zero attached hydrogens (tertiary/aromatic N) is 2. The van der Waals surface area contributed by atoms with Gasteiger partial charge in [0.15, 0.2) is 0 Å². The maximum atomic E-state index is 12.3. The van der Waals surface area contributed by atoms with Crippen molar-refractivity contribution in [3.63, 3.8) is 0 Å². The molecule has 6 heteroatoms. The number of amidine groups is 1. The van der Waals surface area contributed by atoms with Gasteiger partial charge in [0.05, 0.1) is 0 Å². The van der Waals surface area contributed by atoms with E-state index in [1.54, 1.807) is 36.1 Å². The van der Waals surface area contributed by atoms with Gasteiger partial charge in [0, 0.05) is 29.6 Å². The van der Waals surface area contributed by atoms with Crippen LogP contribution in [-0.4, -0.2) is 34.9 Å². The first kappa shape index (κ1) is 15.3. The lowest BCUT2D eigenvalue weighted by atomic mass is 10.1. The fourth-order valence-electron chi connectivity index (χ4n) is 1.68. The predicted molar refractivity (Wildman–Crippen MR) is 75.6 cm³/mol. The molecular formula is C13H18ClN3O2. The highest BCUT2D eigenvalue weighted by molar-refractivity contribution is 6.30. The third-order valence-corrected chi connectivity index (χ3v) is 3.09. The summed E-state index contributed by atoms with van der Waals surface area (Å²) >= 11 is 5.87. The quantitative estimate of drug-likeness (QED) is 0.376. The Balaban J connectivity index is 2.83. The van der Waals surface area contributed by atoms with Crippen molar-refractivity contribution in [2.45, 2.75) is 13.8 Å². The minimum atomic E-state index is -0.215. The van der Waals surface area contributed by atoms with E-state index in [9.17, 15) is 4.79 Å². The summed E-state index contributed by atoms with van der Waals surface area (Å²) in [5.74, 6) is -0.229. The molecule has 3 N–H and O–H groups in total. The summed E-state index contributed by atoms with van der Waals surface area (Å²) < 4.78 is 0. The number of oxime groups is 1. The van der Waals surface area contributed by atoms with E-state index in [1.807, 2.05) is 6.92 Å². The van der Waals surface area contributed by atoms with Gasteiger partial charge in [-0.25, -0.2) is 0 Å². The normalized spacial score (nSPS) is 13.1. The molecule has 1 atom stereocenters. The summed E-state index contributed by atoms with van der Waals surface area (Å²) in [5.41, 5.74) is 6.05. The number of rotatable bonds is 5. The van der Waals surface area contributed by atoms with Gasteiger partial charge < -0.3 is 15.8 Å². The monoisotopic (exact) mass is 283 g/mol. The van der Waals surface area contributed by atoms with Gasteiger partial charge >= 0.3 is 0 Å². The lowest BCUT2D eigenvalue weighted by Gasteiger charge is -2.24. The van der Waals surface area contributed by atoms with Gasteiger partial charge in [0.2, 0.25) is 0 Å². The van der Waals surface area contributed by atoms with Crippen LogP contribution in [0.1, 0.15) is 24.2 Å². The lowest BCUT2D eigenvalue weighted by molar-refractivity contribution is 0.0754. The lowest BCUT2D eigenvalue weighted by Crippen LogP contribution is -2.38. The molecule has 0 spiro atoms. The van der Waals surface area contributed by atoms with Crippen LogP contribution < -0.4 is 5.73 Å². The largest absolute Gasteiger partial charge is 0.409 e. The topological polar surface area (TPSA) is 78.9 Å². The predicted octanol–water partition coefficient (Wildman–Crippen LogP) is 2.18. The molecular weight excluding hydrogens is 266 g/mol. The third-order valence-electron chi connectivity index (χ3n) is 2.86. The number of hydrogen-bond donors (Lipinski definition) is 2. The molecule has 0 bridgehead atoms. The van der Waals surface area contributed by atoms with Crippen LogP contribution in [0.5, 0.6) is 0 Å². The second-order valence-corrected chi connectivity index (χ2v) is 4.72. The minimum absolute atomic E-state index is 0.109. The van der Waals surface area contributed by atoms with Crippen LogP contribution in [0.2, 0.25) is 5.02 Å². The fraction of sp³-hybridized carbons (Fsp3) is 0.385. The van der Waals surface area contributed by atoms with Crippen molar-refractivity contribution < 1.29 is 10.0 Å². The van der Waals surface area contributed by atoms with E-state index >= 15 is 0 Å². The molecule has 1 amide bonds. The van der Waals surface area contributed by atoms with Crippen LogP contribution in [0.4, 0.5) is 0 Å². The van der Waals surface area contributed by atoms with Gasteiger partial charge in [0.25, 0.3) is 5.91 Å². The molecule has 0 aliphatic rings. The number of hydrogen-bond acceptors (Lipinski definition) is 3. The summed E-state index contributed by atoms with van der Waals surface area (Å²) in [7, 11) is 0. The zero-order valence-corrected chi connectivity index (χ0v) is 11.8. The van der Waals surface area contributed by atoms with Gasteiger partial charge in [-0.15, -0.1) is 0 Å². The molecule has 0 radical (unpaired) electrons. The molecule has 1 aromatic rings. The van der Waals surface area contributed by atoms with Crippen LogP contribution in [0.25, 0.3) is 0 Å². The highest BCUT2D eigenvalue weighted by Gasteiger charge is 2.18. The van der Waals surface area contributed by atoms with Crippen molar-refractivity contribution in [3.05, 3.63) is 34.9 Å². The number of benzene rings is 1. The summed E-state index contributed by atoms with van der Waals surface area (Å²) in [6.45, 7) is 4.59. The first-order valence-corrected chi connectivity index (χ1v) is 6.39. The van der Waals surface area contributed by atoms with E-state index in [2.05, 4.69) is 5.16 Å². The average Bonchev–Trinajstić information content (AvgIpc) is 2.42. The third kappa shape index (κ3) is 4.13. The molecule has 0 aliphatic heterocycles. The van der Waals surface area contributed by atoms with Gasteiger partial charge in [-0.05, 0) is 25.1 Å². The molecule has 1 unspecified atom stereocenters. The highest BCUT2D eigenvalue weighted by Crippen LogP contribution is 2.13. The summed E-state index contributed by atoms with van der Waals surface area (Å²) in [4.78, 5) is 13.9. The van der Waals surface area contributed by atoms with Crippen LogP contribution in [0, 0.1) is 5.92 Å². The van der Waals surface area contributed by atoms with Crippen LogP contribution in [0.3, 0.4) is 0 Å². The molecule has 0 saturated carbocycles. The number of halogens is 1. The zero-order valence-electron chi connectivity index (χ0n) is 11.0. The van der Waals surface area contributed by atoms with E-state index in [1.165, 1.54) is 0 Å². The van der Waals surface area contributed by atoms with E-state index < -0.39 is 0 Å². The van der Waals surface area contributed by atoms with Crippen LogP contribution in [0.15, 0.2) is 29.4 Å². The molecule has 0 saturated heterocycles. The molecule has 0 aliphatic carbocycles. The van der Waals surface area contributed by atoms with Gasteiger partial charge in [-0.2, -0.15) is 0 Å². The Morgan fingerprint density at radius 3 is 2.79 bits per heavy atom. The maximum Gasteiger partial charge on any atom is 0.253 e. The Labute approximate surface area is 117 Å². The van der Waals surface area contributed by atoms with E-state index in [-0.39, 0.29) is 17.7 Å². The number of nitrogens with two attached hydrogens (primary N) is 1. The SMILES string of the molecule is CCN(CC(C)C(N)=NO)C(=O)c1cccc(Cl)c1. The highest BCUT2D eigenvalue weighted by atomic mass is 35.5. The second kappa shape index (κ2) is 6.99. The summed E-state index contributed by atoms with van der Waals surface area (Å²) in [5, 5.41) is 12.1. The molecule has 19 heavy (non-hydrogen) atoms. The number of amides is 1. The first-order chi connectivity index (χ1) is 8.99. The van der Waals surface area contributed by atoms with Crippen LogP contribution >= 0.6 is 11.6 Å². The molecule has 0 heterocycles. The Morgan fingerprint density at radius 1 is 1.58 bits per heavy atom. The number of carbonyl (C=O) groups is 1. The Morgan fingerprint density at radius 2 is 2.26 bits per heavy atom. The van der Waals surface area contributed by atoms with E-state index in [0.29, 0.717) is 23.7 Å². The summed E-state index contributed by atoms with van der Waals surface area (Å²) in [6.07, 6.45) is 0. The Kier molecular flexibility index (Phi) is 5.63. The molecule has 0 aromatic heterocycles. The summed E-state index contributed by atoms with van der Waals surface area (Å²) in [6, 6.07) is 6.79.